The van der Waals surface area contributed by atoms with E-state index in [0.717, 1.165) is 15.8 Å². The van der Waals surface area contributed by atoms with Crippen LogP contribution in [-0.2, 0) is 25.2 Å². The summed E-state index contributed by atoms with van der Waals surface area (Å²) in [4.78, 5) is 31.5. The number of hydrogen-bond donors (Lipinski definition) is 0. The van der Waals surface area contributed by atoms with Crippen molar-refractivity contribution in [3.05, 3.63) is 40.3 Å². The van der Waals surface area contributed by atoms with Crippen LogP contribution < -0.4 is 0 Å². The van der Waals surface area contributed by atoms with Gasteiger partial charge in [-0.25, -0.2) is 0 Å². The normalized spacial score (nSPS) is 22.3. The summed E-state index contributed by atoms with van der Waals surface area (Å²) in [5, 5.41) is 3.90. The maximum atomic E-state index is 12.8. The number of carbonyl (C=O) groups excluding carboxylic acids is 2. The number of rotatable bonds is 10. The van der Waals surface area contributed by atoms with Crippen LogP contribution in [0, 0.1) is 11.8 Å². The quantitative estimate of drug-likeness (QED) is 0.180. The average Bonchev–Trinajstić information content (AvgIpc) is 2.70. The Morgan fingerprint density at radius 3 is 2.50 bits per heavy atom. The number of benzene rings is 1. The Kier molecular flexibility index (Phi) is 10.4. The molecular formula is C22H27BrClNO4S. The maximum Gasteiger partial charge on any atom is 0.149 e. The van der Waals surface area contributed by atoms with E-state index in [0.29, 0.717) is 31.4 Å². The van der Waals surface area contributed by atoms with Crippen molar-refractivity contribution in [3.8, 4) is 0 Å². The molecule has 0 amide bonds. The van der Waals surface area contributed by atoms with Crippen molar-refractivity contribution in [1.82, 2.24) is 0 Å². The van der Waals surface area contributed by atoms with Gasteiger partial charge in [-0.05, 0) is 49.1 Å². The molecule has 8 heteroatoms. The van der Waals surface area contributed by atoms with Crippen LogP contribution in [0.15, 0.2) is 50.4 Å². The summed E-state index contributed by atoms with van der Waals surface area (Å²) in [7, 11) is -1.19. The molecule has 0 saturated heterocycles. The van der Waals surface area contributed by atoms with Gasteiger partial charge >= 0.3 is 0 Å². The number of oxime groups is 1. The minimum absolute atomic E-state index is 0.0985. The van der Waals surface area contributed by atoms with Crippen LogP contribution in [0.25, 0.3) is 0 Å². The van der Waals surface area contributed by atoms with E-state index in [-0.39, 0.29) is 29.3 Å². The highest BCUT2D eigenvalue weighted by Crippen LogP contribution is 2.31. The van der Waals surface area contributed by atoms with Gasteiger partial charge in [0, 0.05) is 33.0 Å². The SMILES string of the molecule is CCCC(=NOCC=CCl)C1C(=O)CC(CC(C)S(=O)c2ccc(Br)cc2)CC1=O. The third kappa shape index (κ3) is 7.13. The lowest BCUT2D eigenvalue weighted by Gasteiger charge is -2.28. The molecule has 0 N–H and O–H groups in total. The Morgan fingerprint density at radius 1 is 1.30 bits per heavy atom. The first-order chi connectivity index (χ1) is 14.4. The van der Waals surface area contributed by atoms with Gasteiger partial charge in [0.25, 0.3) is 0 Å². The van der Waals surface area contributed by atoms with Crippen molar-refractivity contribution in [2.75, 3.05) is 6.61 Å². The number of Topliss-reactive ketones (excluding diaryl/α,β-unsaturated/α-hetero) is 2. The Bertz CT molecular complexity index is 807. The predicted molar refractivity (Wildman–Crippen MR) is 124 cm³/mol. The van der Waals surface area contributed by atoms with Gasteiger partial charge in [-0.3, -0.25) is 13.8 Å². The Labute approximate surface area is 193 Å². The van der Waals surface area contributed by atoms with Crippen molar-refractivity contribution < 1.29 is 18.6 Å². The molecule has 2 unspecified atom stereocenters. The molecule has 0 bridgehead atoms. The summed E-state index contributed by atoms with van der Waals surface area (Å²) >= 11 is 8.83. The van der Waals surface area contributed by atoms with E-state index in [9.17, 15) is 13.8 Å². The molecule has 0 aliphatic heterocycles. The first kappa shape index (κ1) is 25.0. The van der Waals surface area contributed by atoms with Gasteiger partial charge in [0.05, 0.1) is 16.5 Å². The van der Waals surface area contributed by atoms with Crippen molar-refractivity contribution in [2.45, 2.75) is 56.1 Å². The Hall–Kier alpha value is -1.31. The van der Waals surface area contributed by atoms with Crippen LogP contribution in [0.1, 0.15) is 46.0 Å². The van der Waals surface area contributed by atoms with Crippen LogP contribution in [0.4, 0.5) is 0 Å². The molecule has 30 heavy (non-hydrogen) atoms. The molecule has 1 aliphatic carbocycles. The summed E-state index contributed by atoms with van der Waals surface area (Å²) in [6.45, 7) is 4.06. The van der Waals surface area contributed by atoms with Gasteiger partial charge in [0.15, 0.2) is 0 Å². The zero-order chi connectivity index (χ0) is 22.1. The number of halogens is 2. The van der Waals surface area contributed by atoms with E-state index in [4.69, 9.17) is 16.4 Å². The van der Waals surface area contributed by atoms with Crippen LogP contribution in [0.3, 0.4) is 0 Å². The predicted octanol–water partition coefficient (Wildman–Crippen LogP) is 5.42. The summed E-state index contributed by atoms with van der Waals surface area (Å²) in [6.07, 6.45) is 4.02. The highest BCUT2D eigenvalue weighted by atomic mass is 79.9. The first-order valence-electron chi connectivity index (χ1n) is 10.0. The van der Waals surface area contributed by atoms with Crippen molar-refractivity contribution in [3.63, 3.8) is 0 Å². The number of hydrogen-bond acceptors (Lipinski definition) is 5. The lowest BCUT2D eigenvalue weighted by atomic mass is 9.75. The van der Waals surface area contributed by atoms with E-state index in [1.807, 2.05) is 38.1 Å². The standard InChI is InChI=1S/C22H27BrClNO4S/c1-3-5-19(25-29-11-4-10-24)22-20(26)13-16(14-21(22)27)12-15(2)30(28)18-8-6-17(23)7-9-18/h4,6-10,15-16,22H,3,5,11-14H2,1-2H3. The molecule has 2 atom stereocenters. The molecule has 0 spiro atoms. The fraction of sp³-hybridized carbons (Fsp3) is 0.500. The lowest BCUT2D eigenvalue weighted by Crippen LogP contribution is -2.39. The van der Waals surface area contributed by atoms with Crippen molar-refractivity contribution >= 4 is 55.6 Å². The number of carbonyl (C=O) groups is 2. The summed E-state index contributed by atoms with van der Waals surface area (Å²) in [6, 6.07) is 7.38. The summed E-state index contributed by atoms with van der Waals surface area (Å²) < 4.78 is 13.7. The van der Waals surface area contributed by atoms with Crippen LogP contribution in [0.5, 0.6) is 0 Å². The lowest BCUT2D eigenvalue weighted by molar-refractivity contribution is -0.134. The first-order valence-corrected chi connectivity index (χ1v) is 12.5. The molecule has 5 nitrogen and oxygen atoms in total. The van der Waals surface area contributed by atoms with Crippen molar-refractivity contribution in [2.24, 2.45) is 17.0 Å². The monoisotopic (exact) mass is 515 g/mol. The molecule has 164 valence electrons. The molecule has 1 saturated carbocycles. The fourth-order valence-corrected chi connectivity index (χ4v) is 5.30. The van der Waals surface area contributed by atoms with E-state index in [2.05, 4.69) is 21.1 Å². The molecule has 1 fully saturated rings. The van der Waals surface area contributed by atoms with Gasteiger partial charge < -0.3 is 4.84 Å². The van der Waals surface area contributed by atoms with Gasteiger partial charge in [0.2, 0.25) is 0 Å². The third-order valence-electron chi connectivity index (χ3n) is 4.98. The largest absolute Gasteiger partial charge is 0.392 e. The second-order valence-electron chi connectivity index (χ2n) is 7.43. The zero-order valence-corrected chi connectivity index (χ0v) is 20.3. The average molecular weight is 517 g/mol. The number of ketones is 2. The second kappa shape index (κ2) is 12.5. The molecule has 1 aromatic rings. The zero-order valence-electron chi connectivity index (χ0n) is 17.2. The molecule has 0 heterocycles. The molecule has 0 aromatic heterocycles. The molecule has 1 aromatic carbocycles. The van der Waals surface area contributed by atoms with Gasteiger partial charge in [-0.2, -0.15) is 0 Å². The van der Waals surface area contributed by atoms with E-state index < -0.39 is 16.7 Å². The van der Waals surface area contributed by atoms with E-state index >= 15 is 0 Å². The molecule has 1 aliphatic rings. The Balaban J connectivity index is 2.02. The van der Waals surface area contributed by atoms with Crippen LogP contribution in [-0.4, -0.2) is 33.3 Å². The highest BCUT2D eigenvalue weighted by molar-refractivity contribution is 9.10. The summed E-state index contributed by atoms with van der Waals surface area (Å²) in [5.74, 6) is -1.17. The van der Waals surface area contributed by atoms with Crippen molar-refractivity contribution in [1.29, 1.82) is 0 Å². The number of nitrogens with zero attached hydrogens (tertiary/aromatic N) is 1. The van der Waals surface area contributed by atoms with Gasteiger partial charge in [0.1, 0.15) is 24.1 Å². The van der Waals surface area contributed by atoms with Crippen LogP contribution >= 0.6 is 27.5 Å². The van der Waals surface area contributed by atoms with E-state index in [1.165, 1.54) is 5.54 Å². The minimum atomic E-state index is -1.19. The molecular weight excluding hydrogens is 490 g/mol. The summed E-state index contributed by atoms with van der Waals surface area (Å²) in [5.41, 5.74) is 1.82. The topological polar surface area (TPSA) is 72.8 Å². The molecule has 0 radical (unpaired) electrons. The Morgan fingerprint density at radius 2 is 1.93 bits per heavy atom. The van der Waals surface area contributed by atoms with Gasteiger partial charge in [-0.15, -0.1) is 0 Å². The van der Waals surface area contributed by atoms with Gasteiger partial charge in [-0.1, -0.05) is 53.0 Å². The van der Waals surface area contributed by atoms with Crippen LogP contribution in [0.2, 0.25) is 0 Å². The second-order valence-corrected chi connectivity index (χ2v) is 10.5. The molecule has 2 rings (SSSR count). The maximum absolute atomic E-state index is 12.8. The fourth-order valence-electron chi connectivity index (χ4n) is 3.65. The van der Waals surface area contributed by atoms with E-state index in [1.54, 1.807) is 6.08 Å². The highest BCUT2D eigenvalue weighted by Gasteiger charge is 2.39. The smallest absolute Gasteiger partial charge is 0.149 e. The minimum Gasteiger partial charge on any atom is -0.392 e. The third-order valence-corrected chi connectivity index (χ3v) is 7.35.